The van der Waals surface area contributed by atoms with Gasteiger partial charge in [-0.1, -0.05) is 27.7 Å². The Morgan fingerprint density at radius 3 is 2.96 bits per heavy atom. The first-order chi connectivity index (χ1) is 11.6. The van der Waals surface area contributed by atoms with Gasteiger partial charge in [-0.2, -0.15) is 0 Å². The maximum Gasteiger partial charge on any atom is 0.344 e. The van der Waals surface area contributed by atoms with Crippen molar-refractivity contribution >= 4 is 39.3 Å². The molecule has 2 heterocycles. The number of carbonyl (C=O) groups excluding carboxylic acids is 1. The topological polar surface area (TPSA) is 89.0 Å². The summed E-state index contributed by atoms with van der Waals surface area (Å²) < 4.78 is 8.04. The number of benzene rings is 1. The molecule has 1 aliphatic heterocycles. The molecule has 24 heavy (non-hydrogen) atoms. The van der Waals surface area contributed by atoms with Crippen LogP contribution in [0.1, 0.15) is 12.8 Å². The summed E-state index contributed by atoms with van der Waals surface area (Å²) >= 11 is 4.57. The second kappa shape index (κ2) is 8.00. The number of hydrogen-bond acceptors (Lipinski definition) is 5. The highest BCUT2D eigenvalue weighted by Gasteiger charge is 2.20. The van der Waals surface area contributed by atoms with Crippen LogP contribution in [0.15, 0.2) is 38.7 Å². The molecule has 0 aliphatic carbocycles. The van der Waals surface area contributed by atoms with Crippen LogP contribution in [0, 0.1) is 0 Å². The van der Waals surface area contributed by atoms with Crippen molar-refractivity contribution in [1.82, 2.24) is 14.8 Å². The number of carbonyl (C=O) groups is 1. The van der Waals surface area contributed by atoms with Crippen LogP contribution in [0.3, 0.4) is 0 Å². The van der Waals surface area contributed by atoms with Gasteiger partial charge in [-0.25, -0.2) is 9.89 Å². The van der Waals surface area contributed by atoms with Crippen LogP contribution in [0.5, 0.6) is 0 Å². The maximum absolute atomic E-state index is 12.0. The normalized spacial score (nSPS) is 17.1. The lowest BCUT2D eigenvalue weighted by Gasteiger charge is -2.11. The van der Waals surface area contributed by atoms with Gasteiger partial charge >= 0.3 is 5.69 Å². The molecule has 0 spiro atoms. The lowest BCUT2D eigenvalue weighted by molar-refractivity contribution is -0.113. The molecule has 1 aromatic carbocycles. The van der Waals surface area contributed by atoms with Crippen LogP contribution in [0.4, 0.5) is 5.69 Å². The number of H-pyrrole nitrogens is 1. The van der Waals surface area contributed by atoms with E-state index in [-0.39, 0.29) is 23.5 Å². The molecule has 0 unspecified atom stereocenters. The Morgan fingerprint density at radius 1 is 1.46 bits per heavy atom. The Kier molecular flexibility index (Phi) is 5.75. The lowest BCUT2D eigenvalue weighted by Crippen LogP contribution is -2.25. The fourth-order valence-electron chi connectivity index (χ4n) is 2.43. The molecule has 0 saturated carbocycles. The quantitative estimate of drug-likeness (QED) is 0.710. The number of thioether (sulfide) groups is 1. The summed E-state index contributed by atoms with van der Waals surface area (Å²) in [6, 6.07) is 7.34. The molecule has 0 radical (unpaired) electrons. The van der Waals surface area contributed by atoms with Gasteiger partial charge in [-0.05, 0) is 37.1 Å². The van der Waals surface area contributed by atoms with Gasteiger partial charge in [0.25, 0.3) is 0 Å². The number of aromatic amines is 1. The Balaban J connectivity index is 1.57. The van der Waals surface area contributed by atoms with E-state index >= 15 is 0 Å². The van der Waals surface area contributed by atoms with E-state index in [0.717, 1.165) is 29.6 Å². The number of nitrogens with zero attached hydrogens (tertiary/aromatic N) is 2. The highest BCUT2D eigenvalue weighted by Crippen LogP contribution is 2.19. The summed E-state index contributed by atoms with van der Waals surface area (Å²) in [7, 11) is 0. The van der Waals surface area contributed by atoms with Crippen molar-refractivity contribution in [3.8, 4) is 0 Å². The number of aromatic nitrogens is 3. The number of halogens is 1. The summed E-state index contributed by atoms with van der Waals surface area (Å²) in [5.41, 5.74) is 0.448. The summed E-state index contributed by atoms with van der Waals surface area (Å²) in [4.78, 5) is 23.9. The summed E-state index contributed by atoms with van der Waals surface area (Å²) in [6.45, 7) is 1.20. The first-order valence-electron chi connectivity index (χ1n) is 7.57. The zero-order valence-electron chi connectivity index (χ0n) is 12.8. The van der Waals surface area contributed by atoms with Crippen molar-refractivity contribution in [3.63, 3.8) is 0 Å². The van der Waals surface area contributed by atoms with Gasteiger partial charge in [-0.15, -0.1) is 5.10 Å². The maximum atomic E-state index is 12.0. The van der Waals surface area contributed by atoms with Crippen LogP contribution in [0.2, 0.25) is 0 Å². The van der Waals surface area contributed by atoms with Crippen molar-refractivity contribution in [2.75, 3.05) is 17.7 Å². The third-order valence-corrected chi connectivity index (χ3v) is 5.10. The van der Waals surface area contributed by atoms with E-state index in [2.05, 4.69) is 31.4 Å². The van der Waals surface area contributed by atoms with E-state index in [4.69, 9.17) is 4.74 Å². The minimum Gasteiger partial charge on any atom is -0.376 e. The van der Waals surface area contributed by atoms with E-state index in [1.807, 2.05) is 24.3 Å². The van der Waals surface area contributed by atoms with Gasteiger partial charge in [0.05, 0.1) is 18.4 Å². The lowest BCUT2D eigenvalue weighted by atomic mass is 10.2. The second-order valence-electron chi connectivity index (χ2n) is 5.40. The Labute approximate surface area is 151 Å². The number of ether oxygens (including phenoxy) is 1. The molecular weight excluding hydrogens is 396 g/mol. The van der Waals surface area contributed by atoms with Crippen molar-refractivity contribution < 1.29 is 9.53 Å². The SMILES string of the molecule is O=C(CSc1n[nH]c(=O)n1C[C@@H]1CCCO1)Nc1ccc(Br)cc1. The van der Waals surface area contributed by atoms with Gasteiger partial charge in [0.1, 0.15) is 0 Å². The molecule has 1 saturated heterocycles. The van der Waals surface area contributed by atoms with Crippen molar-refractivity contribution in [2.45, 2.75) is 30.6 Å². The second-order valence-corrected chi connectivity index (χ2v) is 7.26. The fraction of sp³-hybridized carbons (Fsp3) is 0.400. The monoisotopic (exact) mass is 412 g/mol. The molecule has 1 aromatic heterocycles. The number of rotatable bonds is 6. The van der Waals surface area contributed by atoms with Crippen molar-refractivity contribution in [2.24, 2.45) is 0 Å². The number of hydrogen-bond donors (Lipinski definition) is 2. The zero-order chi connectivity index (χ0) is 16.9. The third-order valence-electron chi connectivity index (χ3n) is 3.59. The van der Waals surface area contributed by atoms with Gasteiger partial charge in [0.15, 0.2) is 5.16 Å². The molecule has 1 fully saturated rings. The molecule has 9 heteroatoms. The first kappa shape index (κ1) is 17.2. The predicted octanol–water partition coefficient (Wildman–Crippen LogP) is 2.24. The average molecular weight is 413 g/mol. The largest absolute Gasteiger partial charge is 0.376 e. The van der Waals surface area contributed by atoms with Crippen LogP contribution in [-0.4, -0.2) is 39.1 Å². The molecule has 2 aromatic rings. The molecule has 1 atom stereocenters. The Bertz CT molecular complexity index is 753. The standard InChI is InChI=1S/C15H17BrN4O3S/c16-10-3-5-11(6-4-10)17-13(21)9-24-15-19-18-14(22)20(15)8-12-2-1-7-23-12/h3-6,12H,1-2,7-9H2,(H,17,21)(H,18,22)/t12-/m0/s1. The molecule has 3 rings (SSSR count). The molecule has 0 bridgehead atoms. The highest BCUT2D eigenvalue weighted by molar-refractivity contribution is 9.10. The van der Waals surface area contributed by atoms with Gasteiger partial charge in [-0.3, -0.25) is 9.36 Å². The Morgan fingerprint density at radius 2 is 2.25 bits per heavy atom. The molecular formula is C15H17BrN4O3S. The minimum atomic E-state index is -0.277. The predicted molar refractivity (Wildman–Crippen MR) is 95.3 cm³/mol. The molecule has 2 N–H and O–H groups in total. The van der Waals surface area contributed by atoms with E-state index in [9.17, 15) is 9.59 Å². The van der Waals surface area contributed by atoms with Crippen molar-refractivity contribution in [1.29, 1.82) is 0 Å². The average Bonchev–Trinajstić information content (AvgIpc) is 3.19. The summed E-state index contributed by atoms with van der Waals surface area (Å²) in [5.74, 6) is 0.0211. The number of amides is 1. The third kappa shape index (κ3) is 4.49. The van der Waals surface area contributed by atoms with Crippen LogP contribution >= 0.6 is 27.7 Å². The number of nitrogens with one attached hydrogen (secondary N) is 2. The summed E-state index contributed by atoms with van der Waals surface area (Å²) in [6.07, 6.45) is 1.98. The van der Waals surface area contributed by atoms with Gasteiger partial charge < -0.3 is 10.1 Å². The number of anilines is 1. The van der Waals surface area contributed by atoms with Crippen LogP contribution < -0.4 is 11.0 Å². The molecule has 1 amide bonds. The molecule has 128 valence electrons. The van der Waals surface area contributed by atoms with E-state index in [0.29, 0.717) is 11.7 Å². The van der Waals surface area contributed by atoms with E-state index < -0.39 is 0 Å². The molecule has 1 aliphatic rings. The van der Waals surface area contributed by atoms with Crippen molar-refractivity contribution in [3.05, 3.63) is 39.2 Å². The van der Waals surface area contributed by atoms with Gasteiger partial charge in [0, 0.05) is 16.8 Å². The highest BCUT2D eigenvalue weighted by atomic mass is 79.9. The smallest absolute Gasteiger partial charge is 0.344 e. The van der Waals surface area contributed by atoms with Crippen LogP contribution in [0.25, 0.3) is 0 Å². The minimum absolute atomic E-state index is 0.0382. The fourth-order valence-corrected chi connectivity index (χ4v) is 3.45. The Hall–Kier alpha value is -1.58. The molecule has 7 nitrogen and oxygen atoms in total. The van der Waals surface area contributed by atoms with Crippen LogP contribution in [-0.2, 0) is 16.1 Å². The van der Waals surface area contributed by atoms with Gasteiger partial charge in [0.2, 0.25) is 5.91 Å². The first-order valence-corrected chi connectivity index (χ1v) is 9.35. The zero-order valence-corrected chi connectivity index (χ0v) is 15.2. The summed E-state index contributed by atoms with van der Waals surface area (Å²) in [5, 5.41) is 9.74. The van der Waals surface area contributed by atoms with E-state index in [1.54, 1.807) is 0 Å². The van der Waals surface area contributed by atoms with E-state index in [1.165, 1.54) is 16.3 Å².